The molecule has 0 bridgehead atoms. The minimum Gasteiger partial charge on any atom is -0.336 e. The molecule has 7 heteroatoms. The number of sulfone groups is 1. The van der Waals surface area contributed by atoms with Crippen LogP contribution in [0.2, 0.25) is 0 Å². The molecule has 1 atom stereocenters. The van der Waals surface area contributed by atoms with Crippen LogP contribution >= 0.6 is 0 Å². The lowest BCUT2D eigenvalue weighted by atomic mass is 10.1. The van der Waals surface area contributed by atoms with E-state index in [1.165, 1.54) is 24.3 Å². The lowest BCUT2D eigenvalue weighted by Crippen LogP contribution is -2.46. The van der Waals surface area contributed by atoms with E-state index in [0.29, 0.717) is 19.3 Å². The molecule has 1 amide bonds. The van der Waals surface area contributed by atoms with Crippen LogP contribution in [-0.4, -0.2) is 43.8 Å². The zero-order chi connectivity index (χ0) is 17.3. The molecule has 1 aromatic carbocycles. The number of amides is 1. The highest BCUT2D eigenvalue weighted by atomic mass is 32.2. The molecule has 0 aliphatic carbocycles. The van der Waals surface area contributed by atoms with Gasteiger partial charge in [-0.15, -0.1) is 0 Å². The molecular weight excluding hydrogens is 324 g/mol. The summed E-state index contributed by atoms with van der Waals surface area (Å²) in [6, 6.07) is 5.52. The summed E-state index contributed by atoms with van der Waals surface area (Å²) in [5, 5.41) is -0.775. The van der Waals surface area contributed by atoms with Crippen molar-refractivity contribution in [3.8, 4) is 0 Å². The summed E-state index contributed by atoms with van der Waals surface area (Å²) in [5.41, 5.74) is 0.456. The number of rotatable bonds is 3. The van der Waals surface area contributed by atoms with Crippen molar-refractivity contribution in [1.82, 2.24) is 4.90 Å². The lowest BCUT2D eigenvalue weighted by Gasteiger charge is -2.28. The third-order valence-corrected chi connectivity index (χ3v) is 5.80. The van der Waals surface area contributed by atoms with Crippen molar-refractivity contribution in [3.63, 3.8) is 0 Å². The van der Waals surface area contributed by atoms with E-state index in [4.69, 9.17) is 0 Å². The van der Waals surface area contributed by atoms with Gasteiger partial charge in [-0.1, -0.05) is 36.2 Å². The quantitative estimate of drug-likeness (QED) is 0.846. The highest BCUT2D eigenvalue weighted by Crippen LogP contribution is 2.32. The van der Waals surface area contributed by atoms with Crippen molar-refractivity contribution in [2.75, 3.05) is 19.3 Å². The summed E-state index contributed by atoms with van der Waals surface area (Å²) in [4.78, 5) is 13.3. The molecule has 2 rings (SSSR count). The van der Waals surface area contributed by atoms with Gasteiger partial charge in [0, 0.05) is 24.9 Å². The van der Waals surface area contributed by atoms with E-state index < -0.39 is 26.9 Å². The van der Waals surface area contributed by atoms with Crippen LogP contribution in [0.3, 0.4) is 0 Å². The Labute approximate surface area is 135 Å². The smallest absolute Gasteiger partial charge is 0.336 e. The first-order valence-electron chi connectivity index (χ1n) is 7.55. The first kappa shape index (κ1) is 17.8. The average molecular weight is 345 g/mol. The first-order valence-corrected chi connectivity index (χ1v) is 9.51. The van der Waals surface area contributed by atoms with Crippen molar-refractivity contribution in [2.45, 2.75) is 37.4 Å². The van der Waals surface area contributed by atoms with Gasteiger partial charge in [-0.25, -0.2) is 8.42 Å². The van der Waals surface area contributed by atoms with Gasteiger partial charge < -0.3 is 4.90 Å². The number of carbonyl (C=O) groups excluding carboxylic acids is 1. The van der Waals surface area contributed by atoms with E-state index >= 15 is 0 Å². The molecule has 1 unspecified atom stereocenters. The fourth-order valence-electron chi connectivity index (χ4n) is 2.72. The highest BCUT2D eigenvalue weighted by Gasteiger charge is 2.45. The molecule has 23 heavy (non-hydrogen) atoms. The van der Waals surface area contributed by atoms with Gasteiger partial charge in [0.05, 0.1) is 5.25 Å². The van der Waals surface area contributed by atoms with Crippen molar-refractivity contribution < 1.29 is 22.0 Å². The number of halogens is 2. The van der Waals surface area contributed by atoms with Crippen LogP contribution in [0.5, 0.6) is 0 Å². The van der Waals surface area contributed by atoms with E-state index in [0.717, 1.165) is 16.7 Å². The van der Waals surface area contributed by atoms with E-state index in [9.17, 15) is 22.0 Å². The fraction of sp³-hybridized carbons (Fsp3) is 0.562. The number of hydrogen-bond acceptors (Lipinski definition) is 3. The Morgan fingerprint density at radius 3 is 2.39 bits per heavy atom. The van der Waals surface area contributed by atoms with Gasteiger partial charge in [-0.2, -0.15) is 8.78 Å². The zero-order valence-corrected chi connectivity index (χ0v) is 14.1. The molecule has 1 aliphatic rings. The number of carbonyl (C=O) groups is 1. The van der Waals surface area contributed by atoms with Gasteiger partial charge in [0.15, 0.2) is 9.84 Å². The van der Waals surface area contributed by atoms with Crippen LogP contribution in [0.1, 0.15) is 30.4 Å². The summed E-state index contributed by atoms with van der Waals surface area (Å²) in [6.07, 6.45) is 2.63. The van der Waals surface area contributed by atoms with Crippen molar-refractivity contribution >= 4 is 15.7 Å². The van der Waals surface area contributed by atoms with E-state index in [1.807, 2.05) is 0 Å². The van der Waals surface area contributed by atoms with Crippen LogP contribution in [0, 0.1) is 6.92 Å². The van der Waals surface area contributed by atoms with Gasteiger partial charge in [0.1, 0.15) is 0 Å². The predicted octanol–water partition coefficient (Wildman–Crippen LogP) is 2.51. The van der Waals surface area contributed by atoms with E-state index in [-0.39, 0.29) is 18.7 Å². The van der Waals surface area contributed by atoms with Crippen LogP contribution in [0.15, 0.2) is 24.3 Å². The Morgan fingerprint density at radius 1 is 1.22 bits per heavy atom. The summed E-state index contributed by atoms with van der Waals surface area (Å²) >= 11 is 0. The Morgan fingerprint density at radius 2 is 1.83 bits per heavy atom. The van der Waals surface area contributed by atoms with E-state index in [2.05, 4.69) is 0 Å². The van der Waals surface area contributed by atoms with Gasteiger partial charge in [-0.3, -0.25) is 4.79 Å². The number of hydrogen-bond donors (Lipinski definition) is 0. The second kappa shape index (κ2) is 6.55. The molecule has 1 heterocycles. The molecule has 0 saturated carbocycles. The summed E-state index contributed by atoms with van der Waals surface area (Å²) in [7, 11) is -3.37. The number of likely N-dealkylation sites (tertiary alicyclic amines) is 1. The number of nitrogens with zero attached hydrogens (tertiary/aromatic N) is 1. The maximum atomic E-state index is 14.5. The molecule has 0 spiro atoms. The zero-order valence-electron chi connectivity index (χ0n) is 13.3. The monoisotopic (exact) mass is 345 g/mol. The third kappa shape index (κ3) is 4.07. The predicted molar refractivity (Wildman–Crippen MR) is 84.1 cm³/mol. The van der Waals surface area contributed by atoms with Crippen molar-refractivity contribution in [1.29, 1.82) is 0 Å². The van der Waals surface area contributed by atoms with Crippen LogP contribution in [0.4, 0.5) is 8.78 Å². The normalized spacial score (nSPS) is 20.2. The minimum atomic E-state index is -3.65. The topological polar surface area (TPSA) is 54.5 Å². The van der Waals surface area contributed by atoms with E-state index in [1.54, 1.807) is 6.92 Å². The Bertz CT molecular complexity index is 671. The standard InChI is InChI=1S/C16H21F2NO3S/c1-12-6-8-13(9-7-12)16(17,18)15(20)19-10-4-3-5-14(11-19)23(2,21)22/h6-9,14H,3-5,10-11H2,1-2H3. The molecule has 1 fully saturated rings. The van der Waals surface area contributed by atoms with Gasteiger partial charge in [0.2, 0.25) is 0 Å². The number of aryl methyl sites for hydroxylation is 1. The molecule has 1 saturated heterocycles. The Kier molecular flexibility index (Phi) is 5.08. The Hall–Kier alpha value is -1.50. The maximum Gasteiger partial charge on any atom is 0.349 e. The SMILES string of the molecule is Cc1ccc(C(F)(F)C(=O)N2CCCCC(S(C)(=O)=O)C2)cc1. The molecule has 128 valence electrons. The van der Waals surface area contributed by atoms with Crippen molar-refractivity contribution in [3.05, 3.63) is 35.4 Å². The Balaban J connectivity index is 2.24. The highest BCUT2D eigenvalue weighted by molar-refractivity contribution is 7.91. The molecule has 1 aliphatic heterocycles. The minimum absolute atomic E-state index is 0.159. The summed E-state index contributed by atoms with van der Waals surface area (Å²) in [6.45, 7) is 1.76. The van der Waals surface area contributed by atoms with Crippen LogP contribution in [0.25, 0.3) is 0 Å². The summed E-state index contributed by atoms with van der Waals surface area (Å²) in [5.74, 6) is -4.97. The number of benzene rings is 1. The first-order chi connectivity index (χ1) is 10.6. The lowest BCUT2D eigenvalue weighted by molar-refractivity contribution is -0.158. The van der Waals surface area contributed by atoms with Gasteiger partial charge >= 0.3 is 5.92 Å². The van der Waals surface area contributed by atoms with Gasteiger partial charge in [-0.05, 0) is 19.8 Å². The third-order valence-electron chi connectivity index (χ3n) is 4.20. The molecule has 4 nitrogen and oxygen atoms in total. The maximum absolute atomic E-state index is 14.5. The number of alkyl halides is 2. The van der Waals surface area contributed by atoms with Crippen LogP contribution < -0.4 is 0 Å². The second-order valence-corrected chi connectivity index (χ2v) is 8.46. The van der Waals surface area contributed by atoms with Crippen LogP contribution in [-0.2, 0) is 20.6 Å². The average Bonchev–Trinajstić information content (AvgIpc) is 2.72. The molecule has 1 aromatic rings. The largest absolute Gasteiger partial charge is 0.349 e. The fourth-order valence-corrected chi connectivity index (χ4v) is 3.77. The molecular formula is C16H21F2NO3S. The second-order valence-electron chi connectivity index (χ2n) is 6.14. The summed E-state index contributed by atoms with van der Waals surface area (Å²) < 4.78 is 52.4. The molecule has 0 N–H and O–H groups in total. The van der Waals surface area contributed by atoms with Crippen molar-refractivity contribution in [2.24, 2.45) is 0 Å². The van der Waals surface area contributed by atoms with Gasteiger partial charge in [0.25, 0.3) is 5.91 Å². The molecule has 0 radical (unpaired) electrons. The molecule has 0 aromatic heterocycles.